The maximum absolute atomic E-state index is 11.9. The van der Waals surface area contributed by atoms with Crippen LogP contribution in [0.1, 0.15) is 29.3 Å². The lowest BCUT2D eigenvalue weighted by molar-refractivity contribution is -0.141. The summed E-state index contributed by atoms with van der Waals surface area (Å²) >= 11 is 3.36. The Balaban J connectivity index is 2.71. The lowest BCUT2D eigenvalue weighted by atomic mass is 10.1. The van der Waals surface area contributed by atoms with Crippen LogP contribution in [-0.2, 0) is 4.79 Å². The summed E-state index contributed by atoms with van der Waals surface area (Å²) in [4.78, 5) is 22.8. The molecule has 0 bridgehead atoms. The van der Waals surface area contributed by atoms with E-state index in [0.717, 1.165) is 10.0 Å². The van der Waals surface area contributed by atoms with Gasteiger partial charge in [0.1, 0.15) is 0 Å². The summed E-state index contributed by atoms with van der Waals surface area (Å²) in [6.45, 7) is 3.78. The van der Waals surface area contributed by atoms with Crippen LogP contribution in [0.25, 0.3) is 0 Å². The van der Waals surface area contributed by atoms with Gasteiger partial charge in [-0.3, -0.25) is 9.59 Å². The van der Waals surface area contributed by atoms with Crippen molar-refractivity contribution in [3.63, 3.8) is 0 Å². The van der Waals surface area contributed by atoms with Gasteiger partial charge in [0.15, 0.2) is 0 Å². The Bertz CT molecular complexity index is 460. The van der Waals surface area contributed by atoms with Crippen LogP contribution < -0.4 is 5.32 Å². The minimum atomic E-state index is -0.885. The molecule has 0 aromatic heterocycles. The number of benzene rings is 1. The van der Waals surface area contributed by atoms with Crippen molar-refractivity contribution in [3.05, 3.63) is 33.8 Å². The van der Waals surface area contributed by atoms with Crippen molar-refractivity contribution in [2.75, 3.05) is 6.54 Å². The van der Waals surface area contributed by atoms with E-state index in [9.17, 15) is 9.59 Å². The number of nitrogens with one attached hydrogen (secondary N) is 1. The third-order valence-electron chi connectivity index (χ3n) is 2.86. The summed E-state index contributed by atoms with van der Waals surface area (Å²) in [7, 11) is 0. The highest BCUT2D eigenvalue weighted by Gasteiger charge is 2.17. The second-order valence-electron chi connectivity index (χ2n) is 4.07. The van der Waals surface area contributed by atoms with Gasteiger partial charge in [-0.05, 0) is 31.0 Å². The van der Waals surface area contributed by atoms with E-state index in [1.807, 2.05) is 13.0 Å². The molecule has 1 aromatic rings. The van der Waals surface area contributed by atoms with Crippen LogP contribution in [0.4, 0.5) is 0 Å². The fourth-order valence-electron chi connectivity index (χ4n) is 1.57. The standard InChI is InChI=1S/C13H16BrNO3/c1-3-9(13(17)18)7-15-12(16)10-5-4-6-11(14)8(10)2/h4-6,9H,3,7H2,1-2H3,(H,15,16)(H,17,18). The highest BCUT2D eigenvalue weighted by Crippen LogP contribution is 2.19. The first kappa shape index (κ1) is 14.7. The Kier molecular flexibility index (Phi) is 5.34. The molecule has 0 aliphatic heterocycles. The molecule has 0 aliphatic carbocycles. The minimum absolute atomic E-state index is 0.149. The average Bonchev–Trinajstić information content (AvgIpc) is 2.32. The van der Waals surface area contributed by atoms with E-state index in [2.05, 4.69) is 21.2 Å². The SMILES string of the molecule is CCC(CNC(=O)c1cccc(Br)c1C)C(=O)O. The summed E-state index contributed by atoms with van der Waals surface area (Å²) in [5.41, 5.74) is 1.41. The number of aliphatic carboxylic acids is 1. The molecule has 1 unspecified atom stereocenters. The maximum atomic E-state index is 11.9. The third kappa shape index (κ3) is 3.57. The summed E-state index contributed by atoms with van der Waals surface area (Å²) in [5, 5.41) is 11.6. The smallest absolute Gasteiger partial charge is 0.308 e. The Labute approximate surface area is 115 Å². The van der Waals surface area contributed by atoms with E-state index in [1.54, 1.807) is 19.1 Å². The molecule has 1 amide bonds. The quantitative estimate of drug-likeness (QED) is 0.878. The number of hydrogen-bond acceptors (Lipinski definition) is 2. The molecule has 2 N–H and O–H groups in total. The summed E-state index contributed by atoms with van der Waals surface area (Å²) in [5.74, 6) is -1.67. The van der Waals surface area contributed by atoms with Gasteiger partial charge in [-0.25, -0.2) is 0 Å². The molecule has 1 aromatic carbocycles. The zero-order valence-electron chi connectivity index (χ0n) is 10.4. The topological polar surface area (TPSA) is 66.4 Å². The van der Waals surface area contributed by atoms with E-state index >= 15 is 0 Å². The maximum Gasteiger partial charge on any atom is 0.308 e. The molecule has 18 heavy (non-hydrogen) atoms. The summed E-state index contributed by atoms with van der Waals surface area (Å²) in [6.07, 6.45) is 0.493. The molecule has 1 atom stereocenters. The number of carbonyl (C=O) groups is 2. The molecule has 1 rings (SSSR count). The molecule has 0 aliphatic rings. The fourth-order valence-corrected chi connectivity index (χ4v) is 1.94. The number of carbonyl (C=O) groups excluding carboxylic acids is 1. The van der Waals surface area contributed by atoms with Crippen LogP contribution in [0.5, 0.6) is 0 Å². The number of carboxylic acid groups (broad SMARTS) is 1. The molecule has 4 nitrogen and oxygen atoms in total. The van der Waals surface area contributed by atoms with Crippen LogP contribution in [0, 0.1) is 12.8 Å². The van der Waals surface area contributed by atoms with Crippen LogP contribution in [-0.4, -0.2) is 23.5 Å². The monoisotopic (exact) mass is 313 g/mol. The predicted molar refractivity (Wildman–Crippen MR) is 72.6 cm³/mol. The van der Waals surface area contributed by atoms with Gasteiger partial charge in [0, 0.05) is 16.6 Å². The molecular formula is C13H16BrNO3. The van der Waals surface area contributed by atoms with Crippen molar-refractivity contribution < 1.29 is 14.7 Å². The van der Waals surface area contributed by atoms with E-state index in [4.69, 9.17) is 5.11 Å². The fraction of sp³-hybridized carbons (Fsp3) is 0.385. The van der Waals surface area contributed by atoms with E-state index < -0.39 is 11.9 Å². The molecule has 5 heteroatoms. The average molecular weight is 314 g/mol. The van der Waals surface area contributed by atoms with E-state index in [-0.39, 0.29) is 12.5 Å². The lowest BCUT2D eigenvalue weighted by Gasteiger charge is -2.12. The molecular weight excluding hydrogens is 298 g/mol. The van der Waals surface area contributed by atoms with Gasteiger partial charge in [-0.2, -0.15) is 0 Å². The van der Waals surface area contributed by atoms with Crippen molar-refractivity contribution in [1.29, 1.82) is 0 Å². The molecule has 0 radical (unpaired) electrons. The highest BCUT2D eigenvalue weighted by molar-refractivity contribution is 9.10. The molecule has 0 fully saturated rings. The summed E-state index contributed by atoms with van der Waals surface area (Å²) < 4.78 is 0.862. The third-order valence-corrected chi connectivity index (χ3v) is 3.72. The predicted octanol–water partition coefficient (Wildman–Crippen LogP) is 2.60. The normalized spacial score (nSPS) is 11.9. The van der Waals surface area contributed by atoms with Gasteiger partial charge < -0.3 is 10.4 Å². The Morgan fingerprint density at radius 3 is 2.67 bits per heavy atom. The molecule has 0 heterocycles. The van der Waals surface area contributed by atoms with Crippen LogP contribution >= 0.6 is 15.9 Å². The second-order valence-corrected chi connectivity index (χ2v) is 4.92. The van der Waals surface area contributed by atoms with Crippen molar-refractivity contribution in [1.82, 2.24) is 5.32 Å². The van der Waals surface area contributed by atoms with Crippen molar-refractivity contribution in [3.8, 4) is 0 Å². The van der Waals surface area contributed by atoms with Crippen molar-refractivity contribution >= 4 is 27.8 Å². The van der Waals surface area contributed by atoms with E-state index in [1.165, 1.54) is 0 Å². The molecule has 0 saturated carbocycles. The summed E-state index contributed by atoms with van der Waals surface area (Å²) in [6, 6.07) is 5.36. The zero-order chi connectivity index (χ0) is 13.7. The van der Waals surface area contributed by atoms with Gasteiger partial charge in [-0.15, -0.1) is 0 Å². The number of carboxylic acids is 1. The van der Waals surface area contributed by atoms with Gasteiger partial charge in [0.2, 0.25) is 0 Å². The molecule has 0 spiro atoms. The number of hydrogen-bond donors (Lipinski definition) is 2. The largest absolute Gasteiger partial charge is 0.481 e. The van der Waals surface area contributed by atoms with Crippen LogP contribution in [0.3, 0.4) is 0 Å². The zero-order valence-corrected chi connectivity index (χ0v) is 12.0. The minimum Gasteiger partial charge on any atom is -0.481 e. The first-order valence-electron chi connectivity index (χ1n) is 5.73. The molecule has 0 saturated heterocycles. The molecule has 98 valence electrons. The first-order chi connectivity index (χ1) is 8.47. The van der Waals surface area contributed by atoms with Crippen LogP contribution in [0.15, 0.2) is 22.7 Å². The second kappa shape index (κ2) is 6.54. The van der Waals surface area contributed by atoms with Crippen LogP contribution in [0.2, 0.25) is 0 Å². The number of halogens is 1. The Morgan fingerprint density at radius 2 is 2.11 bits per heavy atom. The number of rotatable bonds is 5. The van der Waals surface area contributed by atoms with E-state index in [0.29, 0.717) is 12.0 Å². The van der Waals surface area contributed by atoms with Gasteiger partial charge in [0.05, 0.1) is 5.92 Å². The highest BCUT2D eigenvalue weighted by atomic mass is 79.9. The van der Waals surface area contributed by atoms with Crippen molar-refractivity contribution in [2.45, 2.75) is 20.3 Å². The first-order valence-corrected chi connectivity index (χ1v) is 6.52. The van der Waals surface area contributed by atoms with Crippen molar-refractivity contribution in [2.24, 2.45) is 5.92 Å². The van der Waals surface area contributed by atoms with Gasteiger partial charge in [-0.1, -0.05) is 28.9 Å². The Morgan fingerprint density at radius 1 is 1.44 bits per heavy atom. The lowest BCUT2D eigenvalue weighted by Crippen LogP contribution is -2.33. The number of amides is 1. The Hall–Kier alpha value is -1.36. The van der Waals surface area contributed by atoms with Gasteiger partial charge >= 0.3 is 5.97 Å². The van der Waals surface area contributed by atoms with Gasteiger partial charge in [0.25, 0.3) is 5.91 Å².